The second kappa shape index (κ2) is 9.31. The molecule has 0 fully saturated rings. The summed E-state index contributed by atoms with van der Waals surface area (Å²) in [4.78, 5) is 30.4. The number of carbonyl (C=O) groups excluding carboxylic acids is 2. The van der Waals surface area contributed by atoms with Crippen LogP contribution in [0.1, 0.15) is 45.6 Å². The minimum atomic E-state index is -0.387. The Labute approximate surface area is 160 Å². The Bertz CT molecular complexity index is 760. The van der Waals surface area contributed by atoms with Gasteiger partial charge in [-0.05, 0) is 17.4 Å². The molecule has 1 aliphatic carbocycles. The minimum Gasteiger partial charge on any atom is -0.430 e. The van der Waals surface area contributed by atoms with Crippen molar-refractivity contribution in [1.29, 1.82) is 0 Å². The summed E-state index contributed by atoms with van der Waals surface area (Å²) in [6, 6.07) is 9.38. The van der Waals surface area contributed by atoms with E-state index < -0.39 is 0 Å². The molecule has 5 nitrogen and oxygen atoms in total. The monoisotopic (exact) mass is 369 g/mol. The van der Waals surface area contributed by atoms with Crippen LogP contribution in [0.25, 0.3) is 0 Å². The van der Waals surface area contributed by atoms with Gasteiger partial charge in [-0.15, -0.1) is 0 Å². The zero-order chi connectivity index (χ0) is 19.9. The van der Waals surface area contributed by atoms with Crippen LogP contribution >= 0.6 is 0 Å². The lowest BCUT2D eigenvalue weighted by molar-refractivity contribution is -0.139. The first kappa shape index (κ1) is 20.6. The van der Waals surface area contributed by atoms with Crippen LogP contribution in [-0.4, -0.2) is 24.1 Å². The molecular formula is C22H27NO4. The summed E-state index contributed by atoms with van der Waals surface area (Å²) in [5.41, 5.74) is 1.47. The molecule has 1 aromatic carbocycles. The molecular weight excluding hydrogens is 342 g/mol. The average Bonchev–Trinajstić information content (AvgIpc) is 2.59. The second-order valence-electron chi connectivity index (χ2n) is 7.35. The van der Waals surface area contributed by atoms with Crippen LogP contribution in [0, 0.1) is 5.41 Å². The number of esters is 1. The van der Waals surface area contributed by atoms with Gasteiger partial charge in [0.1, 0.15) is 12.4 Å². The molecule has 0 saturated carbocycles. The lowest BCUT2D eigenvalue weighted by atomic mass is 9.75. The number of ketones is 1. The van der Waals surface area contributed by atoms with E-state index in [4.69, 9.17) is 9.57 Å². The number of oxime groups is 1. The average molecular weight is 369 g/mol. The molecule has 0 N–H and O–H groups in total. The second-order valence-corrected chi connectivity index (χ2v) is 7.35. The predicted octanol–water partition coefficient (Wildman–Crippen LogP) is 4.38. The van der Waals surface area contributed by atoms with Gasteiger partial charge in [0.15, 0.2) is 5.78 Å². The van der Waals surface area contributed by atoms with Crippen molar-refractivity contribution in [2.75, 3.05) is 6.61 Å². The number of ether oxygens (including phenoxy) is 1. The van der Waals surface area contributed by atoms with Crippen LogP contribution in [0.15, 0.2) is 59.5 Å². The number of hydrogen-bond donors (Lipinski definition) is 0. The van der Waals surface area contributed by atoms with Crippen LogP contribution in [-0.2, 0) is 25.6 Å². The van der Waals surface area contributed by atoms with Crippen molar-refractivity contribution in [3.63, 3.8) is 0 Å². The molecule has 0 unspecified atom stereocenters. The largest absolute Gasteiger partial charge is 0.430 e. The molecule has 27 heavy (non-hydrogen) atoms. The van der Waals surface area contributed by atoms with E-state index in [0.717, 1.165) is 5.56 Å². The predicted molar refractivity (Wildman–Crippen MR) is 105 cm³/mol. The Morgan fingerprint density at radius 3 is 2.59 bits per heavy atom. The quantitative estimate of drug-likeness (QED) is 0.224. The molecule has 0 aliphatic heterocycles. The van der Waals surface area contributed by atoms with Gasteiger partial charge in [0.2, 0.25) is 0 Å². The summed E-state index contributed by atoms with van der Waals surface area (Å²) < 4.78 is 5.67. The van der Waals surface area contributed by atoms with Gasteiger partial charge in [0.25, 0.3) is 0 Å². The fourth-order valence-electron chi connectivity index (χ4n) is 3.06. The minimum absolute atomic E-state index is 0.0726. The first-order valence-electron chi connectivity index (χ1n) is 9.17. The number of carbonyl (C=O) groups is 2. The maximum absolute atomic E-state index is 12.8. The molecule has 0 spiro atoms. The summed E-state index contributed by atoms with van der Waals surface area (Å²) in [6.45, 7) is 9.70. The van der Waals surface area contributed by atoms with Gasteiger partial charge in [-0.25, -0.2) is 0 Å². The van der Waals surface area contributed by atoms with E-state index in [1.54, 1.807) is 6.08 Å². The number of rotatable bonds is 8. The topological polar surface area (TPSA) is 65.0 Å². The van der Waals surface area contributed by atoms with E-state index in [2.05, 4.69) is 11.7 Å². The highest BCUT2D eigenvalue weighted by atomic mass is 16.6. The van der Waals surface area contributed by atoms with Crippen molar-refractivity contribution in [2.24, 2.45) is 10.6 Å². The van der Waals surface area contributed by atoms with Crippen LogP contribution < -0.4 is 0 Å². The molecule has 0 radical (unpaired) electrons. The zero-order valence-electron chi connectivity index (χ0n) is 16.3. The molecule has 0 heterocycles. The first-order chi connectivity index (χ1) is 12.9. The summed E-state index contributed by atoms with van der Waals surface area (Å²) >= 11 is 0. The normalized spacial score (nSPS) is 16.9. The van der Waals surface area contributed by atoms with Crippen molar-refractivity contribution in [1.82, 2.24) is 0 Å². The number of allylic oxidation sites excluding steroid dienone is 2. The lowest BCUT2D eigenvalue weighted by Gasteiger charge is -2.31. The highest BCUT2D eigenvalue weighted by molar-refractivity contribution is 6.23. The van der Waals surface area contributed by atoms with Crippen molar-refractivity contribution < 1.29 is 19.2 Å². The molecule has 5 heteroatoms. The third-order valence-electron chi connectivity index (χ3n) is 4.25. The molecule has 0 amide bonds. The van der Waals surface area contributed by atoms with Crippen molar-refractivity contribution in [3.05, 3.63) is 59.9 Å². The number of benzene rings is 1. The van der Waals surface area contributed by atoms with Gasteiger partial charge in [-0.3, -0.25) is 9.59 Å². The van der Waals surface area contributed by atoms with Crippen LogP contribution in [0.4, 0.5) is 0 Å². The molecule has 0 bridgehead atoms. The smallest absolute Gasteiger partial charge is 0.315 e. The Balaban J connectivity index is 2.31. The Morgan fingerprint density at radius 1 is 1.26 bits per heavy atom. The van der Waals surface area contributed by atoms with Gasteiger partial charge >= 0.3 is 5.97 Å². The van der Waals surface area contributed by atoms with Gasteiger partial charge < -0.3 is 9.57 Å². The van der Waals surface area contributed by atoms with E-state index >= 15 is 0 Å². The summed E-state index contributed by atoms with van der Waals surface area (Å²) in [7, 11) is 0. The maximum Gasteiger partial charge on any atom is 0.315 e. The Hall–Kier alpha value is -2.69. The molecule has 2 rings (SSSR count). The molecule has 0 saturated heterocycles. The Kier molecular flexibility index (Phi) is 7.11. The molecule has 1 aromatic rings. The molecule has 0 atom stereocenters. The molecule has 144 valence electrons. The highest BCUT2D eigenvalue weighted by Gasteiger charge is 2.36. The number of hydrogen-bond acceptors (Lipinski definition) is 5. The van der Waals surface area contributed by atoms with Crippen LogP contribution in [0.3, 0.4) is 0 Å². The van der Waals surface area contributed by atoms with Gasteiger partial charge in [-0.1, -0.05) is 68.9 Å². The summed E-state index contributed by atoms with van der Waals surface area (Å²) in [5.74, 6) is -0.0711. The van der Waals surface area contributed by atoms with E-state index in [9.17, 15) is 9.59 Å². The fourth-order valence-corrected chi connectivity index (χ4v) is 3.06. The molecule has 1 aliphatic rings. The third-order valence-corrected chi connectivity index (χ3v) is 4.25. The standard InChI is InChI=1S/C22H27NO4/c1-5-12-26-23-17(6-2)21-18(24)14-22(3,4)15-19(21)27-20(25)13-16-10-8-7-9-11-16/h5,7-11H,1,6,12-15H2,2-4H3. The van der Waals surface area contributed by atoms with Crippen molar-refractivity contribution in [3.8, 4) is 0 Å². The zero-order valence-corrected chi connectivity index (χ0v) is 16.3. The number of Topliss-reactive ketones (excluding diaryl/α,β-unsaturated/α-hetero) is 1. The highest BCUT2D eigenvalue weighted by Crippen LogP contribution is 2.38. The SMILES string of the molecule is C=CCON=C(CC)C1=C(OC(=O)Cc2ccccc2)CC(C)(C)CC1=O. The van der Waals surface area contributed by atoms with Gasteiger partial charge in [-0.2, -0.15) is 0 Å². The van der Waals surface area contributed by atoms with Crippen LogP contribution in [0.5, 0.6) is 0 Å². The third kappa shape index (κ3) is 5.91. The summed E-state index contributed by atoms with van der Waals surface area (Å²) in [5, 5.41) is 4.07. The van der Waals surface area contributed by atoms with Crippen molar-refractivity contribution >= 4 is 17.5 Å². The van der Waals surface area contributed by atoms with Crippen LogP contribution in [0.2, 0.25) is 0 Å². The van der Waals surface area contributed by atoms with E-state index in [1.807, 2.05) is 51.1 Å². The lowest BCUT2D eigenvalue weighted by Crippen LogP contribution is -2.31. The van der Waals surface area contributed by atoms with E-state index in [0.29, 0.717) is 36.3 Å². The fraction of sp³-hybridized carbons (Fsp3) is 0.409. The number of nitrogens with zero attached hydrogens (tertiary/aromatic N) is 1. The van der Waals surface area contributed by atoms with E-state index in [1.165, 1.54) is 0 Å². The maximum atomic E-state index is 12.8. The van der Waals surface area contributed by atoms with E-state index in [-0.39, 0.29) is 30.2 Å². The Morgan fingerprint density at radius 2 is 1.96 bits per heavy atom. The van der Waals surface area contributed by atoms with Gasteiger partial charge in [0, 0.05) is 12.8 Å². The van der Waals surface area contributed by atoms with Crippen molar-refractivity contribution in [2.45, 2.75) is 46.5 Å². The summed E-state index contributed by atoms with van der Waals surface area (Å²) in [6.07, 6.45) is 3.10. The first-order valence-corrected chi connectivity index (χ1v) is 9.17. The van der Waals surface area contributed by atoms with Gasteiger partial charge in [0.05, 0.1) is 17.7 Å². The molecule has 0 aromatic heterocycles.